The lowest BCUT2D eigenvalue weighted by Gasteiger charge is -2.63. The lowest BCUT2D eigenvalue weighted by Crippen LogP contribution is -2.62. The lowest BCUT2D eigenvalue weighted by molar-refractivity contribution is -0.210. The van der Waals surface area contributed by atoms with Crippen molar-refractivity contribution >= 4 is 11.8 Å². The van der Waals surface area contributed by atoms with E-state index in [2.05, 4.69) is 19.0 Å². The van der Waals surface area contributed by atoms with E-state index in [0.29, 0.717) is 47.0 Å². The SMILES string of the molecule is C[C@]12CC[C@H](O)CC1CCC1C2CC[C@]2(C)[C@@H](CCc3cc(CCN4C(=O)c5ccccc5C4=O)on3)CC[C@]12O. The van der Waals surface area contributed by atoms with E-state index in [4.69, 9.17) is 4.52 Å². The van der Waals surface area contributed by atoms with Crippen molar-refractivity contribution in [3.63, 3.8) is 0 Å². The van der Waals surface area contributed by atoms with E-state index >= 15 is 0 Å². The number of aryl methyl sites for hydroxylation is 1. The first-order valence-electron chi connectivity index (χ1n) is 15.9. The highest BCUT2D eigenvalue weighted by Crippen LogP contribution is 2.69. The zero-order valence-electron chi connectivity index (χ0n) is 24.5. The number of imide groups is 1. The summed E-state index contributed by atoms with van der Waals surface area (Å²) in [6.07, 6.45) is 11.5. The van der Waals surface area contributed by atoms with Gasteiger partial charge in [-0.25, -0.2) is 0 Å². The van der Waals surface area contributed by atoms with Gasteiger partial charge in [0.05, 0.1) is 28.5 Å². The largest absolute Gasteiger partial charge is 0.393 e. The minimum absolute atomic E-state index is 0.0798. The van der Waals surface area contributed by atoms with Crippen LogP contribution in [0.3, 0.4) is 0 Å². The maximum Gasteiger partial charge on any atom is 0.261 e. The Morgan fingerprint density at radius 3 is 2.46 bits per heavy atom. The van der Waals surface area contributed by atoms with Crippen LogP contribution in [-0.2, 0) is 12.8 Å². The van der Waals surface area contributed by atoms with Gasteiger partial charge in [0.1, 0.15) is 5.76 Å². The van der Waals surface area contributed by atoms with Crippen LogP contribution in [0.25, 0.3) is 0 Å². The molecule has 1 aliphatic heterocycles. The topological polar surface area (TPSA) is 104 Å². The molecule has 41 heavy (non-hydrogen) atoms. The molecule has 3 unspecified atom stereocenters. The minimum Gasteiger partial charge on any atom is -0.393 e. The Balaban J connectivity index is 0.980. The number of fused-ring (bicyclic) bond motifs is 6. The molecule has 7 nitrogen and oxygen atoms in total. The van der Waals surface area contributed by atoms with Crippen LogP contribution in [0.4, 0.5) is 0 Å². The third-order valence-electron chi connectivity index (χ3n) is 12.8. The van der Waals surface area contributed by atoms with Crippen molar-refractivity contribution in [2.75, 3.05) is 6.54 Å². The molecule has 0 radical (unpaired) electrons. The van der Waals surface area contributed by atoms with Crippen molar-refractivity contribution in [1.29, 1.82) is 0 Å². The number of carbonyl (C=O) groups excluding carboxylic acids is 2. The van der Waals surface area contributed by atoms with Crippen LogP contribution in [0.2, 0.25) is 0 Å². The first-order chi connectivity index (χ1) is 19.6. The Morgan fingerprint density at radius 1 is 0.951 bits per heavy atom. The smallest absolute Gasteiger partial charge is 0.261 e. The zero-order valence-corrected chi connectivity index (χ0v) is 24.5. The van der Waals surface area contributed by atoms with Gasteiger partial charge in [-0.1, -0.05) is 31.1 Å². The van der Waals surface area contributed by atoms with Crippen LogP contribution in [0.15, 0.2) is 34.9 Å². The molecule has 2 N–H and O–H groups in total. The number of rotatable bonds is 6. The summed E-state index contributed by atoms with van der Waals surface area (Å²) in [6.45, 7) is 5.10. The maximum absolute atomic E-state index is 12.7. The molecule has 2 heterocycles. The van der Waals surface area contributed by atoms with Crippen LogP contribution >= 0.6 is 0 Å². The molecule has 4 fully saturated rings. The number of aromatic nitrogens is 1. The van der Waals surface area contributed by atoms with Gasteiger partial charge < -0.3 is 14.7 Å². The number of nitrogens with zero attached hydrogens (tertiary/aromatic N) is 2. The molecule has 0 saturated heterocycles. The number of hydrogen-bond donors (Lipinski definition) is 2. The monoisotopic (exact) mass is 560 g/mol. The van der Waals surface area contributed by atoms with Gasteiger partial charge in [-0.05, 0) is 117 Å². The second-order valence-electron chi connectivity index (χ2n) is 14.4. The van der Waals surface area contributed by atoms with Crippen molar-refractivity contribution in [2.24, 2.45) is 34.5 Å². The number of benzene rings is 1. The average molecular weight is 561 g/mol. The highest BCUT2D eigenvalue weighted by Gasteiger charge is 2.66. The van der Waals surface area contributed by atoms with Crippen LogP contribution in [0.1, 0.15) is 110 Å². The van der Waals surface area contributed by atoms with E-state index in [1.165, 1.54) is 11.3 Å². The van der Waals surface area contributed by atoms with Gasteiger partial charge >= 0.3 is 0 Å². The second kappa shape index (κ2) is 9.77. The number of aliphatic hydroxyl groups excluding tert-OH is 1. The molecule has 7 heteroatoms. The molecule has 1 aromatic heterocycles. The van der Waals surface area contributed by atoms with Crippen LogP contribution in [-0.4, -0.2) is 50.3 Å². The fourth-order valence-electron chi connectivity index (χ4n) is 10.4. The van der Waals surface area contributed by atoms with Crippen molar-refractivity contribution in [3.8, 4) is 0 Å². The molecule has 4 saturated carbocycles. The molecule has 2 amide bonds. The third-order valence-corrected chi connectivity index (χ3v) is 12.8. The van der Waals surface area contributed by atoms with E-state index < -0.39 is 5.60 Å². The molecule has 5 aliphatic rings. The highest BCUT2D eigenvalue weighted by molar-refractivity contribution is 6.21. The lowest BCUT2D eigenvalue weighted by atomic mass is 9.43. The summed E-state index contributed by atoms with van der Waals surface area (Å²) in [5, 5.41) is 27.1. The Bertz CT molecular complexity index is 1320. The second-order valence-corrected chi connectivity index (χ2v) is 14.4. The molecule has 4 aliphatic carbocycles. The first kappa shape index (κ1) is 27.3. The molecule has 7 rings (SSSR count). The number of aliphatic hydroxyl groups is 2. The van der Waals surface area contributed by atoms with Crippen molar-refractivity contribution < 1.29 is 24.3 Å². The summed E-state index contributed by atoms with van der Waals surface area (Å²) in [7, 11) is 0. The van der Waals surface area contributed by atoms with Crippen molar-refractivity contribution in [2.45, 2.75) is 103 Å². The summed E-state index contributed by atoms with van der Waals surface area (Å²) in [5.74, 6) is 2.17. The Hall–Kier alpha value is -2.51. The van der Waals surface area contributed by atoms with E-state index in [1.807, 2.05) is 6.07 Å². The number of hydrogen-bond acceptors (Lipinski definition) is 6. The van der Waals surface area contributed by atoms with Crippen molar-refractivity contribution in [3.05, 3.63) is 52.9 Å². The predicted octanol–water partition coefficient (Wildman–Crippen LogP) is 5.58. The summed E-state index contributed by atoms with van der Waals surface area (Å²) in [4.78, 5) is 26.6. The molecular weight excluding hydrogens is 516 g/mol. The first-order valence-corrected chi connectivity index (χ1v) is 15.9. The minimum atomic E-state index is -0.605. The fourth-order valence-corrected chi connectivity index (χ4v) is 10.4. The zero-order chi connectivity index (χ0) is 28.6. The summed E-state index contributed by atoms with van der Waals surface area (Å²) in [6, 6.07) is 8.93. The highest BCUT2D eigenvalue weighted by atomic mass is 16.5. The Kier molecular flexibility index (Phi) is 6.51. The van der Waals surface area contributed by atoms with E-state index in [1.54, 1.807) is 24.3 Å². The van der Waals surface area contributed by atoms with Gasteiger partial charge in [0.25, 0.3) is 11.8 Å². The number of carbonyl (C=O) groups is 2. The van der Waals surface area contributed by atoms with Gasteiger partial charge in [-0.15, -0.1) is 0 Å². The van der Waals surface area contributed by atoms with Crippen molar-refractivity contribution in [1.82, 2.24) is 10.1 Å². The van der Waals surface area contributed by atoms with Gasteiger partial charge in [0.15, 0.2) is 0 Å². The normalized spacial score (nSPS) is 39.8. The van der Waals surface area contributed by atoms with Gasteiger partial charge in [0, 0.05) is 19.0 Å². The Labute approximate surface area is 242 Å². The van der Waals surface area contributed by atoms with E-state index in [0.717, 1.165) is 69.9 Å². The van der Waals surface area contributed by atoms with E-state index in [9.17, 15) is 19.8 Å². The third kappa shape index (κ3) is 4.09. The summed E-state index contributed by atoms with van der Waals surface area (Å²) >= 11 is 0. The van der Waals surface area contributed by atoms with E-state index in [-0.39, 0.29) is 35.3 Å². The van der Waals surface area contributed by atoms with Gasteiger partial charge in [-0.3, -0.25) is 14.5 Å². The molecular formula is C34H44N2O5. The summed E-state index contributed by atoms with van der Waals surface area (Å²) < 4.78 is 5.61. The molecule has 1 aromatic carbocycles. The molecule has 8 atom stereocenters. The standard InChI is InChI=1S/C34H44N2O5/c1-32-15-12-24(37)19-22(32)8-10-29-28(32)13-16-33(2)21(11-17-34(29,33)40)7-9-23-20-25(41-35-23)14-18-36-30(38)26-5-3-4-6-27(26)31(36)39/h3-6,20-22,24,28-29,37,40H,7-19H2,1-2H3/t21-,22?,24-,28?,29?,32-,33+,34-/m0/s1. The van der Waals surface area contributed by atoms with Gasteiger partial charge in [0.2, 0.25) is 0 Å². The van der Waals surface area contributed by atoms with Crippen LogP contribution in [0, 0.1) is 34.5 Å². The predicted molar refractivity (Wildman–Crippen MR) is 153 cm³/mol. The van der Waals surface area contributed by atoms with Crippen LogP contribution in [0.5, 0.6) is 0 Å². The summed E-state index contributed by atoms with van der Waals surface area (Å²) in [5.41, 5.74) is 1.41. The fraction of sp³-hybridized carbons (Fsp3) is 0.676. The quantitative estimate of drug-likeness (QED) is 0.447. The molecule has 0 bridgehead atoms. The molecule has 0 spiro atoms. The molecule has 220 valence electrons. The molecule has 2 aromatic rings. The maximum atomic E-state index is 12.7. The van der Waals surface area contributed by atoms with Gasteiger partial charge in [-0.2, -0.15) is 0 Å². The average Bonchev–Trinajstić information content (AvgIpc) is 3.60. The Morgan fingerprint density at radius 2 is 1.71 bits per heavy atom. The number of amides is 2. The van der Waals surface area contributed by atoms with Crippen LogP contribution < -0.4 is 0 Å².